The number of nitrogens with zero attached hydrogens (tertiary/aromatic N) is 1. The molecular formula is C6H15N2+. The highest BCUT2D eigenvalue weighted by Crippen LogP contribution is 1.72. The van der Waals surface area contributed by atoms with Gasteiger partial charge in [-0.3, -0.25) is 10.3 Å². The van der Waals surface area contributed by atoms with Gasteiger partial charge in [0, 0.05) is 6.92 Å². The predicted molar refractivity (Wildman–Crippen MR) is 36.2 cm³/mol. The first-order valence-corrected chi connectivity index (χ1v) is 3.06. The SMILES string of the molecule is CC[N+](CC)=C(C)N. The van der Waals surface area contributed by atoms with Crippen LogP contribution < -0.4 is 5.73 Å². The van der Waals surface area contributed by atoms with E-state index in [4.69, 9.17) is 5.73 Å². The van der Waals surface area contributed by atoms with Gasteiger partial charge in [0.15, 0.2) is 0 Å². The highest BCUT2D eigenvalue weighted by molar-refractivity contribution is 5.72. The Balaban J connectivity index is 3.86. The molecule has 8 heavy (non-hydrogen) atoms. The van der Waals surface area contributed by atoms with Gasteiger partial charge in [-0.2, -0.15) is 0 Å². The lowest BCUT2D eigenvalue weighted by Crippen LogP contribution is -2.25. The third kappa shape index (κ3) is 1.96. The van der Waals surface area contributed by atoms with Crippen LogP contribution >= 0.6 is 0 Å². The molecule has 0 aliphatic rings. The molecule has 0 aliphatic heterocycles. The van der Waals surface area contributed by atoms with E-state index in [1.165, 1.54) is 0 Å². The second kappa shape index (κ2) is 3.47. The molecule has 0 radical (unpaired) electrons. The number of nitrogens with two attached hydrogens (primary N) is 1. The third-order valence-electron chi connectivity index (χ3n) is 1.26. The summed E-state index contributed by atoms with van der Waals surface area (Å²) in [4.78, 5) is 0. The van der Waals surface area contributed by atoms with Crippen LogP contribution in [0.15, 0.2) is 0 Å². The fourth-order valence-corrected chi connectivity index (χ4v) is 0.722. The lowest BCUT2D eigenvalue weighted by atomic mass is 10.5. The Morgan fingerprint density at radius 3 is 1.75 bits per heavy atom. The molecule has 0 saturated carbocycles. The summed E-state index contributed by atoms with van der Waals surface area (Å²) < 4.78 is 2.11. The number of hydrogen-bond donors (Lipinski definition) is 1. The molecular weight excluding hydrogens is 100 g/mol. The maximum atomic E-state index is 5.50. The maximum absolute atomic E-state index is 5.50. The first-order valence-electron chi connectivity index (χ1n) is 3.06. The molecule has 2 N–H and O–H groups in total. The van der Waals surface area contributed by atoms with E-state index < -0.39 is 0 Å². The second-order valence-corrected chi connectivity index (χ2v) is 1.81. The van der Waals surface area contributed by atoms with Gasteiger partial charge in [0.25, 0.3) is 0 Å². The van der Waals surface area contributed by atoms with Crippen LogP contribution in [0, 0.1) is 0 Å². The summed E-state index contributed by atoms with van der Waals surface area (Å²) in [7, 11) is 0. The van der Waals surface area contributed by atoms with Crippen molar-refractivity contribution < 1.29 is 4.58 Å². The topological polar surface area (TPSA) is 29.0 Å². The minimum atomic E-state index is 0.912. The van der Waals surface area contributed by atoms with Crippen LogP contribution in [0.5, 0.6) is 0 Å². The van der Waals surface area contributed by atoms with Crippen molar-refractivity contribution in [1.29, 1.82) is 0 Å². The van der Waals surface area contributed by atoms with Crippen LogP contribution in [0.4, 0.5) is 0 Å². The Labute approximate surface area is 51.0 Å². The van der Waals surface area contributed by atoms with Gasteiger partial charge in [-0.25, -0.2) is 0 Å². The van der Waals surface area contributed by atoms with E-state index in [0.29, 0.717) is 0 Å². The third-order valence-corrected chi connectivity index (χ3v) is 1.26. The quantitative estimate of drug-likeness (QED) is 0.315. The van der Waals surface area contributed by atoms with Crippen LogP contribution in [-0.2, 0) is 0 Å². The van der Waals surface area contributed by atoms with Gasteiger partial charge in [-0.15, -0.1) is 0 Å². The largest absolute Gasteiger partial charge is 0.291 e. The van der Waals surface area contributed by atoms with Gasteiger partial charge < -0.3 is 0 Å². The van der Waals surface area contributed by atoms with Gasteiger partial charge in [-0.05, 0) is 13.8 Å². The summed E-state index contributed by atoms with van der Waals surface area (Å²) in [6, 6.07) is 0. The summed E-state index contributed by atoms with van der Waals surface area (Å²) in [5, 5.41) is 0. The first kappa shape index (κ1) is 7.47. The van der Waals surface area contributed by atoms with Crippen molar-refractivity contribution in [2.45, 2.75) is 20.8 Å². The smallest absolute Gasteiger partial charge is 0.239 e. The molecule has 0 aromatic rings. The number of hydrogen-bond acceptors (Lipinski definition) is 0. The summed E-state index contributed by atoms with van der Waals surface area (Å²) >= 11 is 0. The van der Waals surface area contributed by atoms with Crippen molar-refractivity contribution in [3.8, 4) is 0 Å². The highest BCUT2D eigenvalue weighted by Gasteiger charge is 1.93. The van der Waals surface area contributed by atoms with Gasteiger partial charge in [0.2, 0.25) is 5.84 Å². The Morgan fingerprint density at radius 1 is 1.38 bits per heavy atom. The van der Waals surface area contributed by atoms with Crippen molar-refractivity contribution >= 4 is 5.84 Å². The molecule has 2 nitrogen and oxygen atoms in total. The Kier molecular flexibility index (Phi) is 3.24. The molecule has 0 heterocycles. The van der Waals surface area contributed by atoms with E-state index in [1.54, 1.807) is 0 Å². The second-order valence-electron chi connectivity index (χ2n) is 1.81. The molecule has 0 atom stereocenters. The van der Waals surface area contributed by atoms with Crippen LogP contribution in [0.2, 0.25) is 0 Å². The molecule has 0 aliphatic carbocycles. The fraction of sp³-hybridized carbons (Fsp3) is 0.833. The zero-order valence-corrected chi connectivity index (χ0v) is 5.94. The zero-order valence-electron chi connectivity index (χ0n) is 5.94. The molecule has 0 bridgehead atoms. The Bertz CT molecular complexity index is 84.7. The molecule has 0 unspecified atom stereocenters. The molecule has 0 amide bonds. The first-order chi connectivity index (χ1) is 3.72. The van der Waals surface area contributed by atoms with Crippen LogP contribution in [0.1, 0.15) is 20.8 Å². The zero-order chi connectivity index (χ0) is 6.57. The lowest BCUT2D eigenvalue weighted by molar-refractivity contribution is -0.522. The lowest BCUT2D eigenvalue weighted by Gasteiger charge is -1.99. The molecule has 0 aromatic heterocycles. The van der Waals surface area contributed by atoms with Crippen molar-refractivity contribution in [1.82, 2.24) is 0 Å². The highest BCUT2D eigenvalue weighted by atomic mass is 15.0. The Morgan fingerprint density at radius 2 is 1.75 bits per heavy atom. The minimum absolute atomic E-state index is 0.912. The number of rotatable bonds is 2. The van der Waals surface area contributed by atoms with Gasteiger partial charge in [0.05, 0.1) is 13.1 Å². The van der Waals surface area contributed by atoms with Gasteiger partial charge in [0.1, 0.15) is 0 Å². The monoisotopic (exact) mass is 115 g/mol. The minimum Gasteiger partial charge on any atom is -0.291 e. The van der Waals surface area contributed by atoms with E-state index >= 15 is 0 Å². The van der Waals surface area contributed by atoms with Gasteiger partial charge in [-0.1, -0.05) is 0 Å². The summed E-state index contributed by atoms with van der Waals surface area (Å²) in [6.07, 6.45) is 0. The summed E-state index contributed by atoms with van der Waals surface area (Å²) in [5.74, 6) is 0.912. The average molecular weight is 115 g/mol. The molecule has 0 spiro atoms. The normalized spacial score (nSPS) is 8.88. The average Bonchev–Trinajstić information content (AvgIpc) is 1.69. The molecule has 0 rings (SSSR count). The predicted octanol–water partition coefficient (Wildman–Crippen LogP) is 0.416. The van der Waals surface area contributed by atoms with Gasteiger partial charge >= 0.3 is 0 Å². The number of amidine groups is 1. The van der Waals surface area contributed by atoms with Crippen LogP contribution in [0.3, 0.4) is 0 Å². The molecule has 0 aromatic carbocycles. The van der Waals surface area contributed by atoms with Crippen LogP contribution in [-0.4, -0.2) is 23.5 Å². The fourth-order valence-electron chi connectivity index (χ4n) is 0.722. The van der Waals surface area contributed by atoms with Crippen LogP contribution in [0.25, 0.3) is 0 Å². The molecule has 0 saturated heterocycles. The van der Waals surface area contributed by atoms with E-state index in [1.807, 2.05) is 6.92 Å². The van der Waals surface area contributed by atoms with Crippen molar-refractivity contribution in [2.75, 3.05) is 13.1 Å². The molecule has 0 fully saturated rings. The van der Waals surface area contributed by atoms with Crippen molar-refractivity contribution in [3.63, 3.8) is 0 Å². The van der Waals surface area contributed by atoms with Crippen molar-refractivity contribution in [3.05, 3.63) is 0 Å². The Hall–Kier alpha value is -0.530. The van der Waals surface area contributed by atoms with E-state index in [-0.39, 0.29) is 0 Å². The summed E-state index contributed by atoms with van der Waals surface area (Å²) in [6.45, 7) is 8.14. The van der Waals surface area contributed by atoms with E-state index in [0.717, 1.165) is 18.9 Å². The van der Waals surface area contributed by atoms with E-state index in [2.05, 4.69) is 18.4 Å². The maximum Gasteiger partial charge on any atom is 0.239 e. The van der Waals surface area contributed by atoms with E-state index in [9.17, 15) is 0 Å². The summed E-state index contributed by atoms with van der Waals surface area (Å²) in [5.41, 5.74) is 5.50. The standard InChI is InChI=1S/C6H14N2/c1-4-8(5-2)6(3)7/h7H,4-5H2,1-3H3/p+1. The molecule has 2 heteroatoms. The molecule has 48 valence electrons. The van der Waals surface area contributed by atoms with Crippen molar-refractivity contribution in [2.24, 2.45) is 5.73 Å².